The van der Waals surface area contributed by atoms with Gasteiger partial charge in [0.15, 0.2) is 9.84 Å². The van der Waals surface area contributed by atoms with E-state index in [1.54, 1.807) is 0 Å². The van der Waals surface area contributed by atoms with Crippen LogP contribution >= 0.6 is 0 Å². The number of sulfone groups is 1. The van der Waals surface area contributed by atoms with Crippen LogP contribution in [0, 0.1) is 105 Å². The van der Waals surface area contributed by atoms with Gasteiger partial charge in [0.2, 0.25) is 0 Å². The molecule has 416 valence electrons. The van der Waals surface area contributed by atoms with Crippen molar-refractivity contribution in [2.75, 3.05) is 12.3 Å². The summed E-state index contributed by atoms with van der Waals surface area (Å²) >= 11 is 0. The van der Waals surface area contributed by atoms with Gasteiger partial charge in [-0.2, -0.15) is 0 Å². The van der Waals surface area contributed by atoms with Gasteiger partial charge >= 0.3 is 0 Å². The summed E-state index contributed by atoms with van der Waals surface area (Å²) in [5.74, 6) is 7.19. The van der Waals surface area contributed by atoms with Crippen LogP contribution in [-0.4, -0.2) is 71.0 Å². The van der Waals surface area contributed by atoms with Gasteiger partial charge in [-0.05, 0) is 227 Å². The van der Waals surface area contributed by atoms with Crippen LogP contribution in [0.3, 0.4) is 0 Å². The maximum Gasteiger partial charge on any atom is 0.293 e. The first-order valence-corrected chi connectivity index (χ1v) is 31.6. The molecular formula is C62H97NO10S. The third-order valence-corrected chi connectivity index (χ3v) is 25.8. The van der Waals surface area contributed by atoms with E-state index >= 15 is 0 Å². The standard InChI is InChI=1S/C35H52O6S.C27H45NO4/c1-5-27-31-20-26(40-22-36)15-17-35(31,4)30-16-18-34(3)28(13-14-29(34)32(30)33(27)41-23-37)24(2)10-9-19-42(38,39)21-25-11-7-6-8-12-25;1-5-19-23-14-18(31-15-29)8-11-27(23,4)22-9-12-26(3)20(17(2)10-13-28)6-7-21(26)24(22)25(19)32-16-30/h6-8,11-12,22-24,26-33H,5,9-10,13-21H2,1-4H3;15-25H,5-14,28H2,1-4H3/t24-,26-,27-,28?,29+,30+,31?,32+,33?,34?,35?;17-,18-,19-,20?,21+,22+,23?,24+,25?,26?,27?/m11/s1. The molecule has 0 aliphatic heterocycles. The fourth-order valence-corrected chi connectivity index (χ4v) is 22.3. The van der Waals surface area contributed by atoms with Gasteiger partial charge in [-0.1, -0.05) is 85.7 Å². The molecule has 8 saturated carbocycles. The summed E-state index contributed by atoms with van der Waals surface area (Å²) in [6.45, 7) is 22.6. The molecule has 0 saturated heterocycles. The lowest BCUT2D eigenvalue weighted by molar-refractivity contribution is -0.213. The zero-order valence-corrected chi connectivity index (χ0v) is 47.5. The number of benzene rings is 1. The molecule has 22 atom stereocenters. The van der Waals surface area contributed by atoms with Crippen LogP contribution in [-0.2, 0) is 53.7 Å². The second-order valence-corrected chi connectivity index (χ2v) is 29.0. The molecule has 0 spiro atoms. The van der Waals surface area contributed by atoms with Crippen LogP contribution in [0.1, 0.15) is 183 Å². The van der Waals surface area contributed by atoms with E-state index in [9.17, 15) is 27.6 Å². The lowest BCUT2D eigenvalue weighted by Crippen LogP contribution is -2.62. The number of hydrogen-bond donors (Lipinski definition) is 1. The normalized spacial score (nSPS) is 43.9. The Bertz CT molecular complexity index is 2160. The van der Waals surface area contributed by atoms with Crippen molar-refractivity contribution >= 4 is 35.7 Å². The molecule has 8 aliphatic rings. The van der Waals surface area contributed by atoms with Gasteiger partial charge in [-0.25, -0.2) is 8.42 Å². The third kappa shape index (κ3) is 10.5. The largest absolute Gasteiger partial charge is 0.465 e. The molecule has 0 radical (unpaired) electrons. The number of hydrogen-bond acceptors (Lipinski definition) is 11. The van der Waals surface area contributed by atoms with E-state index in [4.69, 9.17) is 24.7 Å². The number of carbonyl (C=O) groups excluding carboxylic acids is 4. The number of rotatable bonds is 20. The summed E-state index contributed by atoms with van der Waals surface area (Å²) < 4.78 is 48.7. The van der Waals surface area contributed by atoms with Crippen molar-refractivity contribution in [2.24, 2.45) is 110 Å². The Kier molecular flexibility index (Phi) is 18.2. The van der Waals surface area contributed by atoms with Crippen molar-refractivity contribution in [1.29, 1.82) is 0 Å². The van der Waals surface area contributed by atoms with Gasteiger partial charge in [-0.15, -0.1) is 0 Å². The van der Waals surface area contributed by atoms with Crippen molar-refractivity contribution in [3.8, 4) is 0 Å². The highest BCUT2D eigenvalue weighted by Gasteiger charge is 2.68. The number of ether oxygens (including phenoxy) is 4. The van der Waals surface area contributed by atoms with Crippen LogP contribution < -0.4 is 5.73 Å². The highest BCUT2D eigenvalue weighted by Crippen LogP contribution is 2.72. The highest BCUT2D eigenvalue weighted by molar-refractivity contribution is 7.90. The second-order valence-electron chi connectivity index (χ2n) is 26.8. The minimum absolute atomic E-state index is 0.00915. The molecule has 0 bridgehead atoms. The topological polar surface area (TPSA) is 165 Å². The minimum atomic E-state index is -3.13. The van der Waals surface area contributed by atoms with Gasteiger partial charge in [0.1, 0.15) is 24.4 Å². The molecule has 12 heteroatoms. The average molecular weight is 1050 g/mol. The molecule has 9 rings (SSSR count). The third-order valence-electron chi connectivity index (χ3n) is 24.1. The molecular weight excluding hydrogens is 951 g/mol. The van der Waals surface area contributed by atoms with Crippen molar-refractivity contribution in [3.63, 3.8) is 0 Å². The van der Waals surface area contributed by atoms with E-state index in [1.165, 1.54) is 38.5 Å². The first-order valence-electron chi connectivity index (χ1n) is 29.7. The van der Waals surface area contributed by atoms with Gasteiger partial charge in [0, 0.05) is 11.8 Å². The molecule has 1 aromatic carbocycles. The van der Waals surface area contributed by atoms with E-state index in [1.807, 2.05) is 30.3 Å². The SMILES string of the molecule is CC[C@H]1C(OC=O)[C@@H]2[C@H](CCC3(C)C([C@H](C)CCCS(=O)(=O)Cc4ccccc4)CC[C@@H]23)C2(C)CC[C@@H](OC=O)CC12.CC[C@H]1C(OC=O)[C@@H]2[C@H](CCC3(C)C([C@H](C)CCN)CC[C@@H]23)C2(C)CC[C@@H](OC=O)CC12. The molecule has 8 fully saturated rings. The summed E-state index contributed by atoms with van der Waals surface area (Å²) in [7, 11) is -3.13. The fourth-order valence-electron chi connectivity index (χ4n) is 20.9. The lowest BCUT2D eigenvalue weighted by atomic mass is 9.41. The minimum Gasteiger partial charge on any atom is -0.465 e. The zero-order valence-electron chi connectivity index (χ0n) is 46.7. The van der Waals surface area contributed by atoms with Gasteiger partial charge in [0.25, 0.3) is 25.9 Å². The Morgan fingerprint density at radius 2 is 0.986 bits per heavy atom. The highest BCUT2D eigenvalue weighted by atomic mass is 32.2. The summed E-state index contributed by atoms with van der Waals surface area (Å²) in [5.41, 5.74) is 7.69. The Balaban J connectivity index is 0.000000204. The Hall–Kier alpha value is -2.99. The number of nitrogens with two attached hydrogens (primary N) is 1. The average Bonchev–Trinajstić information content (AvgIpc) is 3.92. The molecule has 2 N–H and O–H groups in total. The van der Waals surface area contributed by atoms with Crippen LogP contribution in [0.4, 0.5) is 0 Å². The predicted molar refractivity (Wildman–Crippen MR) is 288 cm³/mol. The summed E-state index contributed by atoms with van der Waals surface area (Å²) in [5, 5.41) is 0. The molecule has 11 nitrogen and oxygen atoms in total. The van der Waals surface area contributed by atoms with Crippen molar-refractivity contribution in [1.82, 2.24) is 0 Å². The quantitative estimate of drug-likeness (QED) is 0.0976. The summed E-state index contributed by atoms with van der Waals surface area (Å²) in [6.07, 6.45) is 20.1. The number of carbonyl (C=O) groups is 4. The maximum absolute atomic E-state index is 12.8. The second kappa shape index (κ2) is 23.5. The molecule has 8 aliphatic carbocycles. The van der Waals surface area contributed by atoms with Gasteiger partial charge < -0.3 is 24.7 Å². The fraction of sp³-hybridized carbons (Fsp3) is 0.839. The molecule has 0 amide bonds. The molecule has 0 aromatic heterocycles. The van der Waals surface area contributed by atoms with Gasteiger partial charge in [-0.3, -0.25) is 19.2 Å². The van der Waals surface area contributed by atoms with Crippen LogP contribution in [0.15, 0.2) is 30.3 Å². The molecule has 0 heterocycles. The lowest BCUT2D eigenvalue weighted by Gasteiger charge is -2.65. The summed E-state index contributed by atoms with van der Waals surface area (Å²) in [4.78, 5) is 45.9. The zero-order chi connectivity index (χ0) is 53.2. The molecule has 1 aromatic rings. The Labute approximate surface area is 446 Å². The van der Waals surface area contributed by atoms with Crippen molar-refractivity contribution < 1.29 is 46.5 Å². The van der Waals surface area contributed by atoms with E-state index in [0.717, 1.165) is 95.1 Å². The number of fused-ring (bicyclic) bond motifs is 10. The summed E-state index contributed by atoms with van der Waals surface area (Å²) in [6, 6.07) is 9.48. The van der Waals surface area contributed by atoms with E-state index in [0.29, 0.717) is 109 Å². The van der Waals surface area contributed by atoms with Crippen molar-refractivity contribution in [3.05, 3.63) is 35.9 Å². The van der Waals surface area contributed by atoms with Gasteiger partial charge in [0.05, 0.1) is 11.5 Å². The molecule has 74 heavy (non-hydrogen) atoms. The van der Waals surface area contributed by atoms with E-state index in [-0.39, 0.29) is 58.1 Å². The Morgan fingerprint density at radius 1 is 0.568 bits per heavy atom. The van der Waals surface area contributed by atoms with E-state index < -0.39 is 9.84 Å². The smallest absolute Gasteiger partial charge is 0.293 e. The van der Waals surface area contributed by atoms with Crippen LogP contribution in [0.2, 0.25) is 0 Å². The van der Waals surface area contributed by atoms with Crippen LogP contribution in [0.5, 0.6) is 0 Å². The first kappa shape index (κ1) is 57.2. The monoisotopic (exact) mass is 1050 g/mol. The van der Waals surface area contributed by atoms with Crippen molar-refractivity contribution in [2.45, 2.75) is 208 Å². The van der Waals surface area contributed by atoms with E-state index in [2.05, 4.69) is 55.4 Å². The maximum atomic E-state index is 12.8. The predicted octanol–water partition coefficient (Wildman–Crippen LogP) is 12.0. The molecule has 10 unspecified atom stereocenters. The van der Waals surface area contributed by atoms with Crippen LogP contribution in [0.25, 0.3) is 0 Å². The Morgan fingerprint density at radius 3 is 1.41 bits per heavy atom. The first-order chi connectivity index (χ1) is 35.4.